The number of hydrogen-bond donors (Lipinski definition) is 1. The van der Waals surface area contributed by atoms with Gasteiger partial charge < -0.3 is 4.74 Å². The molecule has 5 rings (SSSR count). The second-order valence-electron chi connectivity index (χ2n) is 7.42. The molecule has 0 spiro atoms. The number of hydrazine groups is 1. The Hall–Kier alpha value is -3.86. The summed E-state index contributed by atoms with van der Waals surface area (Å²) >= 11 is 12.2. The number of halogens is 2. The smallest absolute Gasteiger partial charge is 0.285 e. The van der Waals surface area contributed by atoms with E-state index in [4.69, 9.17) is 28.6 Å². The first-order valence-electron chi connectivity index (χ1n) is 10.4. The topological polar surface area (TPSA) is 84.4 Å². The monoisotopic (exact) mass is 536 g/mol. The van der Waals surface area contributed by atoms with Crippen LogP contribution in [0.4, 0.5) is 4.39 Å². The molecule has 36 heavy (non-hydrogen) atoms. The highest BCUT2D eigenvalue weighted by molar-refractivity contribution is 8.26. The van der Waals surface area contributed by atoms with Crippen LogP contribution < -0.4 is 10.2 Å². The van der Waals surface area contributed by atoms with Gasteiger partial charge in [0.15, 0.2) is 4.32 Å². The SMILES string of the molecule is O=C(NN1C(=O)/C(=C\c2c(Oc3nc(Cl)ncc3F)ccc3ccccc23)SC1=S)c1ccccc1. The summed E-state index contributed by atoms with van der Waals surface area (Å²) in [5, 5.41) is 2.46. The van der Waals surface area contributed by atoms with E-state index < -0.39 is 17.6 Å². The average Bonchev–Trinajstić information content (AvgIpc) is 3.15. The molecule has 0 unspecified atom stereocenters. The van der Waals surface area contributed by atoms with Crippen molar-refractivity contribution < 1.29 is 18.7 Å². The predicted octanol–water partition coefficient (Wildman–Crippen LogP) is 5.76. The lowest BCUT2D eigenvalue weighted by molar-refractivity contribution is -0.123. The van der Waals surface area contributed by atoms with Crippen LogP contribution in [0.1, 0.15) is 15.9 Å². The maximum absolute atomic E-state index is 14.3. The van der Waals surface area contributed by atoms with E-state index in [1.165, 1.54) is 0 Å². The molecule has 7 nitrogen and oxygen atoms in total. The normalized spacial score (nSPS) is 14.5. The highest BCUT2D eigenvalue weighted by Crippen LogP contribution is 2.38. The molecule has 0 aliphatic carbocycles. The van der Waals surface area contributed by atoms with Crippen molar-refractivity contribution in [3.63, 3.8) is 0 Å². The van der Waals surface area contributed by atoms with Crippen LogP contribution in [0.5, 0.6) is 11.6 Å². The fourth-order valence-electron chi connectivity index (χ4n) is 3.47. The molecular formula is C25H14ClFN4O3S2. The molecule has 1 N–H and O–H groups in total. The Morgan fingerprint density at radius 3 is 2.67 bits per heavy atom. The minimum atomic E-state index is -0.798. The summed E-state index contributed by atoms with van der Waals surface area (Å²) in [5.74, 6) is -1.90. The van der Waals surface area contributed by atoms with E-state index in [0.29, 0.717) is 11.1 Å². The zero-order valence-electron chi connectivity index (χ0n) is 18.1. The van der Waals surface area contributed by atoms with Crippen LogP contribution in [0.15, 0.2) is 77.8 Å². The summed E-state index contributed by atoms with van der Waals surface area (Å²) in [6, 6.07) is 19.3. The van der Waals surface area contributed by atoms with E-state index in [1.807, 2.05) is 24.3 Å². The molecule has 11 heteroatoms. The number of ether oxygens (including phenoxy) is 1. The van der Waals surface area contributed by atoms with Crippen LogP contribution >= 0.6 is 35.6 Å². The number of nitrogens with zero attached hydrogens (tertiary/aromatic N) is 3. The minimum absolute atomic E-state index is 0.159. The van der Waals surface area contributed by atoms with Gasteiger partial charge in [-0.05, 0) is 58.9 Å². The van der Waals surface area contributed by atoms with E-state index >= 15 is 0 Å². The highest BCUT2D eigenvalue weighted by Gasteiger charge is 2.34. The van der Waals surface area contributed by atoms with Gasteiger partial charge in [0.05, 0.1) is 11.1 Å². The number of fused-ring (bicyclic) bond motifs is 1. The quantitative estimate of drug-likeness (QED) is 0.197. The first-order chi connectivity index (χ1) is 17.4. The summed E-state index contributed by atoms with van der Waals surface area (Å²) in [5.41, 5.74) is 3.42. The Bertz CT molecular complexity index is 1570. The van der Waals surface area contributed by atoms with Crippen molar-refractivity contribution in [3.8, 4) is 11.6 Å². The van der Waals surface area contributed by atoms with Crippen LogP contribution in [0.25, 0.3) is 16.8 Å². The van der Waals surface area contributed by atoms with Crippen molar-refractivity contribution in [2.75, 3.05) is 0 Å². The zero-order valence-corrected chi connectivity index (χ0v) is 20.5. The molecule has 0 atom stereocenters. The third-order valence-electron chi connectivity index (χ3n) is 5.14. The molecule has 0 saturated carbocycles. The second kappa shape index (κ2) is 10.0. The van der Waals surface area contributed by atoms with E-state index in [2.05, 4.69) is 15.4 Å². The molecule has 4 aromatic rings. The standard InChI is InChI=1S/C25H14ClFN4O3S2/c26-24-28-13-18(27)22(29-24)34-19-11-10-14-6-4-5-9-16(14)17(19)12-20-23(33)31(25(35)36-20)30-21(32)15-7-2-1-3-8-15/h1-13H,(H,30,32)/b20-12+. The van der Waals surface area contributed by atoms with Gasteiger partial charge in [-0.1, -0.05) is 60.3 Å². The summed E-state index contributed by atoms with van der Waals surface area (Å²) < 4.78 is 20.2. The van der Waals surface area contributed by atoms with E-state index in [0.717, 1.165) is 33.7 Å². The molecule has 1 aliphatic rings. The van der Waals surface area contributed by atoms with Crippen molar-refractivity contribution in [1.82, 2.24) is 20.4 Å². The molecule has 2 heterocycles. The van der Waals surface area contributed by atoms with Gasteiger partial charge in [0.2, 0.25) is 11.1 Å². The van der Waals surface area contributed by atoms with Crippen molar-refractivity contribution in [2.24, 2.45) is 0 Å². The maximum atomic E-state index is 14.3. The third kappa shape index (κ3) is 4.78. The van der Waals surface area contributed by atoms with Gasteiger partial charge in [0, 0.05) is 11.1 Å². The molecule has 2 amide bonds. The van der Waals surface area contributed by atoms with Crippen LogP contribution in [-0.2, 0) is 4.79 Å². The number of thiocarbonyl (C=S) groups is 1. The van der Waals surface area contributed by atoms with Crippen LogP contribution in [0.3, 0.4) is 0 Å². The molecule has 1 aliphatic heterocycles. The zero-order chi connectivity index (χ0) is 25.2. The number of carbonyl (C=O) groups is 2. The minimum Gasteiger partial charge on any atom is -0.436 e. The van der Waals surface area contributed by atoms with Gasteiger partial charge in [0.1, 0.15) is 5.75 Å². The van der Waals surface area contributed by atoms with Gasteiger partial charge in [-0.15, -0.1) is 0 Å². The number of rotatable bonds is 5. The van der Waals surface area contributed by atoms with Crippen molar-refractivity contribution in [1.29, 1.82) is 0 Å². The van der Waals surface area contributed by atoms with E-state index in [1.54, 1.807) is 48.5 Å². The number of hydrogen-bond acceptors (Lipinski definition) is 7. The van der Waals surface area contributed by atoms with Gasteiger partial charge in [-0.25, -0.2) is 4.98 Å². The summed E-state index contributed by atoms with van der Waals surface area (Å²) in [6.45, 7) is 0. The predicted molar refractivity (Wildman–Crippen MR) is 140 cm³/mol. The van der Waals surface area contributed by atoms with Crippen molar-refractivity contribution in [2.45, 2.75) is 0 Å². The molecule has 0 radical (unpaired) electrons. The number of benzene rings is 3. The lowest BCUT2D eigenvalue weighted by atomic mass is 10.0. The Balaban J connectivity index is 1.52. The summed E-state index contributed by atoms with van der Waals surface area (Å²) in [6.07, 6.45) is 2.50. The number of carbonyl (C=O) groups excluding carboxylic acids is 2. The molecule has 0 bridgehead atoms. The Morgan fingerprint density at radius 1 is 1.11 bits per heavy atom. The number of aromatic nitrogens is 2. The number of nitrogens with one attached hydrogen (secondary N) is 1. The average molecular weight is 537 g/mol. The molecule has 178 valence electrons. The Labute approximate surface area is 218 Å². The second-order valence-corrected chi connectivity index (χ2v) is 9.43. The van der Waals surface area contributed by atoms with Gasteiger partial charge >= 0.3 is 0 Å². The van der Waals surface area contributed by atoms with Crippen molar-refractivity contribution in [3.05, 3.63) is 100 Å². The Morgan fingerprint density at radius 2 is 1.86 bits per heavy atom. The lowest BCUT2D eigenvalue weighted by Gasteiger charge is -2.15. The fraction of sp³-hybridized carbons (Fsp3) is 0. The summed E-state index contributed by atoms with van der Waals surface area (Å²) in [7, 11) is 0. The first-order valence-corrected chi connectivity index (χ1v) is 12.0. The third-order valence-corrected chi connectivity index (χ3v) is 6.62. The first kappa shape index (κ1) is 23.9. The maximum Gasteiger partial charge on any atom is 0.285 e. The molecule has 3 aromatic carbocycles. The van der Waals surface area contributed by atoms with Gasteiger partial charge in [-0.3, -0.25) is 15.0 Å². The molecule has 1 aromatic heterocycles. The van der Waals surface area contributed by atoms with Gasteiger partial charge in [-0.2, -0.15) is 14.4 Å². The Kier molecular flexibility index (Phi) is 6.64. The highest BCUT2D eigenvalue weighted by atomic mass is 35.5. The van der Waals surface area contributed by atoms with Crippen molar-refractivity contribution >= 4 is 68.6 Å². The summed E-state index contributed by atoms with van der Waals surface area (Å²) in [4.78, 5) is 33.4. The van der Waals surface area contributed by atoms with Gasteiger partial charge in [0.25, 0.3) is 17.7 Å². The lowest BCUT2D eigenvalue weighted by Crippen LogP contribution is -2.44. The largest absolute Gasteiger partial charge is 0.436 e. The van der Waals surface area contributed by atoms with E-state index in [-0.39, 0.29) is 26.1 Å². The van der Waals surface area contributed by atoms with E-state index in [9.17, 15) is 14.0 Å². The molecule has 1 saturated heterocycles. The van der Waals surface area contributed by atoms with Crippen LogP contribution in [-0.4, -0.2) is 31.1 Å². The number of thioether (sulfide) groups is 1. The van der Waals surface area contributed by atoms with Crippen LogP contribution in [0, 0.1) is 5.82 Å². The molecular weight excluding hydrogens is 523 g/mol. The fourth-order valence-corrected chi connectivity index (χ4v) is 4.76. The number of amides is 2. The van der Waals surface area contributed by atoms with Crippen LogP contribution in [0.2, 0.25) is 5.28 Å². The molecule has 1 fully saturated rings.